The summed E-state index contributed by atoms with van der Waals surface area (Å²) in [6.07, 6.45) is 4.16. The Balaban J connectivity index is 1.41. The van der Waals surface area contributed by atoms with E-state index in [1.54, 1.807) is 11.1 Å². The maximum absolute atomic E-state index is 13.2. The van der Waals surface area contributed by atoms with E-state index in [0.717, 1.165) is 24.9 Å². The Morgan fingerprint density at radius 2 is 1.74 bits per heavy atom. The molecule has 0 bridgehead atoms. The van der Waals surface area contributed by atoms with E-state index in [0.29, 0.717) is 31.7 Å². The van der Waals surface area contributed by atoms with Crippen molar-refractivity contribution in [2.75, 3.05) is 49.1 Å². The fourth-order valence-corrected chi connectivity index (χ4v) is 3.80. The summed E-state index contributed by atoms with van der Waals surface area (Å²) in [7, 11) is 0. The molecule has 0 saturated carbocycles. The summed E-state index contributed by atoms with van der Waals surface area (Å²) in [5.41, 5.74) is 0.338. The normalized spacial score (nSPS) is 17.5. The van der Waals surface area contributed by atoms with E-state index in [1.165, 1.54) is 31.0 Å². The lowest BCUT2D eigenvalue weighted by molar-refractivity contribution is 0.0746. The Labute approximate surface area is 162 Å². The summed E-state index contributed by atoms with van der Waals surface area (Å²) < 4.78 is 13.2. The lowest BCUT2D eigenvalue weighted by atomic mass is 10.1. The van der Waals surface area contributed by atoms with Crippen molar-refractivity contribution in [1.82, 2.24) is 14.9 Å². The summed E-state index contributed by atoms with van der Waals surface area (Å²) in [6.45, 7) is 4.50. The van der Waals surface area contributed by atoms with Crippen LogP contribution in [0.25, 0.3) is 0 Å². The van der Waals surface area contributed by atoms with Gasteiger partial charge in [-0.3, -0.25) is 4.79 Å². The van der Waals surface area contributed by atoms with Gasteiger partial charge in [0.05, 0.1) is 10.6 Å². The van der Waals surface area contributed by atoms with Crippen LogP contribution in [0.5, 0.6) is 0 Å². The fourth-order valence-electron chi connectivity index (χ4n) is 3.56. The van der Waals surface area contributed by atoms with Crippen molar-refractivity contribution in [2.45, 2.75) is 12.8 Å². The van der Waals surface area contributed by atoms with Crippen LogP contribution in [0.2, 0.25) is 5.02 Å². The van der Waals surface area contributed by atoms with Crippen molar-refractivity contribution in [3.63, 3.8) is 0 Å². The lowest BCUT2D eigenvalue weighted by Crippen LogP contribution is -2.49. The Morgan fingerprint density at radius 3 is 2.44 bits per heavy atom. The van der Waals surface area contributed by atoms with Gasteiger partial charge in [0.25, 0.3) is 5.91 Å². The van der Waals surface area contributed by atoms with Gasteiger partial charge < -0.3 is 14.7 Å². The van der Waals surface area contributed by atoms with Gasteiger partial charge in [-0.2, -0.15) is 4.98 Å². The second-order valence-corrected chi connectivity index (χ2v) is 7.22. The molecule has 0 spiro atoms. The van der Waals surface area contributed by atoms with E-state index >= 15 is 0 Å². The molecule has 3 heterocycles. The van der Waals surface area contributed by atoms with Crippen molar-refractivity contribution < 1.29 is 9.18 Å². The van der Waals surface area contributed by atoms with Crippen LogP contribution in [-0.4, -0.2) is 60.0 Å². The lowest BCUT2D eigenvalue weighted by Gasteiger charge is -2.35. The highest BCUT2D eigenvalue weighted by Gasteiger charge is 2.25. The number of piperazine rings is 1. The van der Waals surface area contributed by atoms with Crippen LogP contribution in [0, 0.1) is 5.82 Å². The monoisotopic (exact) mass is 389 g/mol. The van der Waals surface area contributed by atoms with E-state index in [2.05, 4.69) is 14.8 Å². The molecule has 0 atom stereocenters. The van der Waals surface area contributed by atoms with Crippen LogP contribution >= 0.6 is 11.6 Å². The van der Waals surface area contributed by atoms with E-state index in [4.69, 9.17) is 16.6 Å². The highest BCUT2D eigenvalue weighted by molar-refractivity contribution is 6.33. The number of amides is 1. The van der Waals surface area contributed by atoms with Crippen molar-refractivity contribution in [3.8, 4) is 0 Å². The molecule has 8 heteroatoms. The van der Waals surface area contributed by atoms with Crippen LogP contribution in [0.3, 0.4) is 0 Å². The van der Waals surface area contributed by atoms with E-state index in [-0.39, 0.29) is 10.9 Å². The first-order valence-electron chi connectivity index (χ1n) is 9.19. The maximum Gasteiger partial charge on any atom is 0.255 e. The molecular weight excluding hydrogens is 369 g/mol. The number of aromatic nitrogens is 2. The SMILES string of the molecule is O=C(c1ccc(F)cc1Cl)N1CCN(c2ccnc(N3CCCC3)n2)CC1. The number of hydrogen-bond acceptors (Lipinski definition) is 5. The number of anilines is 2. The minimum absolute atomic E-state index is 0.147. The molecule has 2 aliphatic heterocycles. The van der Waals surface area contributed by atoms with Crippen molar-refractivity contribution >= 4 is 29.3 Å². The van der Waals surface area contributed by atoms with Gasteiger partial charge in [-0.1, -0.05) is 11.6 Å². The Morgan fingerprint density at radius 1 is 1.00 bits per heavy atom. The van der Waals surface area contributed by atoms with Gasteiger partial charge in [0.15, 0.2) is 0 Å². The number of hydrogen-bond donors (Lipinski definition) is 0. The van der Waals surface area contributed by atoms with Gasteiger partial charge in [0, 0.05) is 45.5 Å². The molecule has 1 amide bonds. The summed E-state index contributed by atoms with van der Waals surface area (Å²) in [5, 5.41) is 0.147. The minimum Gasteiger partial charge on any atom is -0.353 e. The van der Waals surface area contributed by atoms with Crippen LogP contribution < -0.4 is 9.80 Å². The van der Waals surface area contributed by atoms with Gasteiger partial charge in [-0.25, -0.2) is 9.37 Å². The summed E-state index contributed by atoms with van der Waals surface area (Å²) >= 11 is 6.03. The van der Waals surface area contributed by atoms with Crippen LogP contribution in [0.4, 0.5) is 16.2 Å². The highest BCUT2D eigenvalue weighted by Crippen LogP contribution is 2.22. The largest absolute Gasteiger partial charge is 0.353 e. The molecule has 4 rings (SSSR count). The van der Waals surface area contributed by atoms with Gasteiger partial charge in [-0.15, -0.1) is 0 Å². The van der Waals surface area contributed by atoms with E-state index in [1.807, 2.05) is 6.07 Å². The number of halogens is 2. The molecule has 1 aromatic carbocycles. The smallest absolute Gasteiger partial charge is 0.255 e. The average molecular weight is 390 g/mol. The molecule has 6 nitrogen and oxygen atoms in total. The van der Waals surface area contributed by atoms with Gasteiger partial charge in [0.1, 0.15) is 11.6 Å². The molecule has 27 heavy (non-hydrogen) atoms. The molecule has 2 aliphatic rings. The Bertz CT molecular complexity index is 835. The summed E-state index contributed by atoms with van der Waals surface area (Å²) in [6, 6.07) is 5.79. The molecule has 2 aromatic rings. The molecule has 2 fully saturated rings. The molecule has 142 valence electrons. The molecule has 0 unspecified atom stereocenters. The summed E-state index contributed by atoms with van der Waals surface area (Å²) in [5.74, 6) is 1.06. The average Bonchev–Trinajstić information content (AvgIpc) is 3.23. The van der Waals surface area contributed by atoms with Gasteiger partial charge >= 0.3 is 0 Å². The first kappa shape index (κ1) is 18.0. The predicted octanol–water partition coefficient (Wildman–Crippen LogP) is 2.83. The molecule has 2 saturated heterocycles. The van der Waals surface area contributed by atoms with E-state index in [9.17, 15) is 9.18 Å². The quantitative estimate of drug-likeness (QED) is 0.808. The number of carbonyl (C=O) groups is 1. The standard InChI is InChI=1S/C19H21ClFN5O/c20-16-13-14(21)3-4-15(16)18(27)25-11-9-24(10-12-25)17-5-6-22-19(23-17)26-7-1-2-8-26/h3-6,13H,1-2,7-12H2. The second kappa shape index (κ2) is 7.68. The first-order chi connectivity index (χ1) is 13.1. The number of rotatable bonds is 3. The molecule has 0 aliphatic carbocycles. The zero-order chi connectivity index (χ0) is 18.8. The summed E-state index contributed by atoms with van der Waals surface area (Å²) in [4.78, 5) is 27.9. The zero-order valence-corrected chi connectivity index (χ0v) is 15.7. The minimum atomic E-state index is -0.445. The zero-order valence-electron chi connectivity index (χ0n) is 14.9. The predicted molar refractivity (Wildman–Crippen MR) is 103 cm³/mol. The molecule has 0 radical (unpaired) electrons. The number of carbonyl (C=O) groups excluding carboxylic acids is 1. The first-order valence-corrected chi connectivity index (χ1v) is 9.57. The molecule has 1 aromatic heterocycles. The van der Waals surface area contributed by atoms with Crippen molar-refractivity contribution in [1.29, 1.82) is 0 Å². The van der Waals surface area contributed by atoms with Crippen molar-refractivity contribution in [3.05, 3.63) is 46.9 Å². The fraction of sp³-hybridized carbons (Fsp3) is 0.421. The maximum atomic E-state index is 13.2. The Kier molecular flexibility index (Phi) is 5.11. The number of benzene rings is 1. The van der Waals surface area contributed by atoms with Crippen LogP contribution in [0.15, 0.2) is 30.5 Å². The highest BCUT2D eigenvalue weighted by atomic mass is 35.5. The van der Waals surface area contributed by atoms with Gasteiger partial charge in [0.2, 0.25) is 5.95 Å². The Hall–Kier alpha value is -2.41. The molecule has 0 N–H and O–H groups in total. The second-order valence-electron chi connectivity index (χ2n) is 6.81. The van der Waals surface area contributed by atoms with Gasteiger partial charge in [-0.05, 0) is 37.1 Å². The third kappa shape index (κ3) is 3.83. The van der Waals surface area contributed by atoms with Crippen LogP contribution in [-0.2, 0) is 0 Å². The molecular formula is C19H21ClFN5O. The van der Waals surface area contributed by atoms with Crippen molar-refractivity contribution in [2.24, 2.45) is 0 Å². The van der Waals surface area contributed by atoms with E-state index < -0.39 is 5.82 Å². The number of nitrogens with zero attached hydrogens (tertiary/aromatic N) is 5. The van der Waals surface area contributed by atoms with Crippen LogP contribution in [0.1, 0.15) is 23.2 Å². The topological polar surface area (TPSA) is 52.6 Å². The third-order valence-electron chi connectivity index (χ3n) is 5.07. The third-order valence-corrected chi connectivity index (χ3v) is 5.38.